The fourth-order valence-corrected chi connectivity index (χ4v) is 3.43. The van der Waals surface area contributed by atoms with Crippen LogP contribution < -0.4 is 9.80 Å². The monoisotopic (exact) mass is 353 g/mol. The van der Waals surface area contributed by atoms with Gasteiger partial charge in [0.25, 0.3) is 11.6 Å². The van der Waals surface area contributed by atoms with E-state index in [1.54, 1.807) is 24.1 Å². The van der Waals surface area contributed by atoms with Crippen molar-refractivity contribution in [3.05, 3.63) is 63.2 Å². The van der Waals surface area contributed by atoms with Gasteiger partial charge in [0.15, 0.2) is 0 Å². The molecule has 1 aliphatic rings. The first-order valence-corrected chi connectivity index (χ1v) is 8.78. The van der Waals surface area contributed by atoms with Gasteiger partial charge < -0.3 is 9.80 Å². The Kier molecular flexibility index (Phi) is 4.93. The highest BCUT2D eigenvalue weighted by Gasteiger charge is 2.25. The first-order valence-electron chi connectivity index (χ1n) is 8.78. The standard InChI is InChI=1S/C20H23N3O3/c1-14-7-6-8-17(15(14)2)21(3)20(24)16-9-10-18(19(13-16)23(25)26)22-11-4-5-12-22/h6-10,13H,4-5,11-12H2,1-3H3. The molecule has 0 unspecified atom stereocenters. The second-order valence-corrected chi connectivity index (χ2v) is 6.74. The Labute approximate surface area is 153 Å². The normalized spacial score (nSPS) is 13.7. The van der Waals surface area contributed by atoms with Crippen LogP contribution in [0.5, 0.6) is 0 Å². The van der Waals surface area contributed by atoms with E-state index in [1.165, 1.54) is 6.07 Å². The van der Waals surface area contributed by atoms with Crippen molar-refractivity contribution in [3.63, 3.8) is 0 Å². The van der Waals surface area contributed by atoms with E-state index < -0.39 is 4.92 Å². The summed E-state index contributed by atoms with van der Waals surface area (Å²) < 4.78 is 0. The molecule has 0 aliphatic carbocycles. The molecule has 1 aliphatic heterocycles. The van der Waals surface area contributed by atoms with Crippen LogP contribution >= 0.6 is 0 Å². The lowest BCUT2D eigenvalue weighted by Gasteiger charge is -2.22. The van der Waals surface area contributed by atoms with E-state index in [2.05, 4.69) is 0 Å². The summed E-state index contributed by atoms with van der Waals surface area (Å²) in [6.45, 7) is 5.59. The van der Waals surface area contributed by atoms with Crippen LogP contribution in [-0.2, 0) is 0 Å². The van der Waals surface area contributed by atoms with Gasteiger partial charge in [-0.3, -0.25) is 14.9 Å². The second-order valence-electron chi connectivity index (χ2n) is 6.74. The molecule has 3 rings (SSSR count). The van der Waals surface area contributed by atoms with Crippen molar-refractivity contribution < 1.29 is 9.72 Å². The Morgan fingerprint density at radius 3 is 2.50 bits per heavy atom. The zero-order valence-electron chi connectivity index (χ0n) is 15.4. The second kappa shape index (κ2) is 7.15. The van der Waals surface area contributed by atoms with Gasteiger partial charge in [-0.2, -0.15) is 0 Å². The summed E-state index contributed by atoms with van der Waals surface area (Å²) in [7, 11) is 1.70. The topological polar surface area (TPSA) is 66.7 Å². The third-order valence-electron chi connectivity index (χ3n) is 5.11. The zero-order valence-corrected chi connectivity index (χ0v) is 15.4. The van der Waals surface area contributed by atoms with E-state index in [0.717, 1.165) is 42.7 Å². The molecule has 6 heteroatoms. The maximum absolute atomic E-state index is 12.9. The average molecular weight is 353 g/mol. The van der Waals surface area contributed by atoms with Crippen molar-refractivity contribution in [3.8, 4) is 0 Å². The molecule has 0 radical (unpaired) electrons. The molecule has 136 valence electrons. The summed E-state index contributed by atoms with van der Waals surface area (Å²) in [5.74, 6) is -0.255. The van der Waals surface area contributed by atoms with Gasteiger partial charge in [0.2, 0.25) is 0 Å². The fraction of sp³-hybridized carbons (Fsp3) is 0.350. The molecular weight excluding hydrogens is 330 g/mol. The average Bonchev–Trinajstić information content (AvgIpc) is 3.16. The Morgan fingerprint density at radius 1 is 1.15 bits per heavy atom. The predicted octanol–water partition coefficient (Wildman–Crippen LogP) is 4.09. The molecule has 26 heavy (non-hydrogen) atoms. The number of benzene rings is 2. The number of hydrogen-bond acceptors (Lipinski definition) is 4. The van der Waals surface area contributed by atoms with E-state index in [1.807, 2.05) is 36.9 Å². The number of nitro groups is 1. The van der Waals surface area contributed by atoms with Crippen molar-refractivity contribution in [1.82, 2.24) is 0 Å². The van der Waals surface area contributed by atoms with E-state index >= 15 is 0 Å². The molecule has 2 aromatic rings. The summed E-state index contributed by atoms with van der Waals surface area (Å²) in [6.07, 6.45) is 2.07. The first-order chi connectivity index (χ1) is 12.4. The fourth-order valence-electron chi connectivity index (χ4n) is 3.43. The number of nitro benzene ring substituents is 1. The molecule has 1 amide bonds. The van der Waals surface area contributed by atoms with Crippen molar-refractivity contribution >= 4 is 23.0 Å². The molecule has 6 nitrogen and oxygen atoms in total. The van der Waals surface area contributed by atoms with Crippen molar-refractivity contribution in [1.29, 1.82) is 0 Å². The molecular formula is C20H23N3O3. The van der Waals surface area contributed by atoms with Crippen LogP contribution in [0, 0.1) is 24.0 Å². The number of rotatable bonds is 4. The molecule has 0 bridgehead atoms. The number of aryl methyl sites for hydroxylation is 1. The van der Waals surface area contributed by atoms with Gasteiger partial charge in [0.1, 0.15) is 5.69 Å². The van der Waals surface area contributed by atoms with Crippen LogP contribution in [0.4, 0.5) is 17.1 Å². The summed E-state index contributed by atoms with van der Waals surface area (Å²) in [4.78, 5) is 27.6. The first kappa shape index (κ1) is 17.9. The van der Waals surface area contributed by atoms with Crippen molar-refractivity contribution in [2.75, 3.05) is 29.9 Å². The maximum Gasteiger partial charge on any atom is 0.293 e. The number of amides is 1. The number of nitrogens with zero attached hydrogens (tertiary/aromatic N) is 3. The SMILES string of the molecule is Cc1cccc(N(C)C(=O)c2ccc(N3CCCC3)c([N+](=O)[O-])c2)c1C. The summed E-state index contributed by atoms with van der Waals surface area (Å²) in [5, 5.41) is 11.5. The van der Waals surface area contributed by atoms with Crippen LogP contribution in [0.3, 0.4) is 0 Å². The highest BCUT2D eigenvalue weighted by Crippen LogP contribution is 2.32. The minimum absolute atomic E-state index is 0.00730. The van der Waals surface area contributed by atoms with E-state index in [-0.39, 0.29) is 11.6 Å². The molecule has 0 atom stereocenters. The predicted molar refractivity (Wildman–Crippen MR) is 103 cm³/mol. The van der Waals surface area contributed by atoms with E-state index in [4.69, 9.17) is 0 Å². The summed E-state index contributed by atoms with van der Waals surface area (Å²) in [6, 6.07) is 10.6. The minimum Gasteiger partial charge on any atom is -0.366 e. The van der Waals surface area contributed by atoms with Gasteiger partial charge in [-0.05, 0) is 56.0 Å². The van der Waals surface area contributed by atoms with Gasteiger partial charge in [-0.15, -0.1) is 0 Å². The Hall–Kier alpha value is -2.89. The van der Waals surface area contributed by atoms with Gasteiger partial charge in [0.05, 0.1) is 4.92 Å². The molecule has 2 aromatic carbocycles. The molecule has 1 saturated heterocycles. The zero-order chi connectivity index (χ0) is 18.8. The highest BCUT2D eigenvalue weighted by atomic mass is 16.6. The van der Waals surface area contributed by atoms with Gasteiger partial charge in [-0.25, -0.2) is 0 Å². The highest BCUT2D eigenvalue weighted by molar-refractivity contribution is 6.07. The lowest BCUT2D eigenvalue weighted by Crippen LogP contribution is -2.27. The minimum atomic E-state index is -0.400. The number of hydrogen-bond donors (Lipinski definition) is 0. The lowest BCUT2D eigenvalue weighted by atomic mass is 10.1. The summed E-state index contributed by atoms with van der Waals surface area (Å²) in [5.41, 5.74) is 3.83. The third kappa shape index (κ3) is 3.27. The number of anilines is 2. The molecule has 1 fully saturated rings. The van der Waals surface area contributed by atoms with Gasteiger partial charge >= 0.3 is 0 Å². The van der Waals surface area contributed by atoms with Crippen molar-refractivity contribution in [2.45, 2.75) is 26.7 Å². The third-order valence-corrected chi connectivity index (χ3v) is 5.11. The molecule has 0 aromatic heterocycles. The Bertz CT molecular complexity index is 857. The largest absolute Gasteiger partial charge is 0.366 e. The molecule has 0 N–H and O–H groups in total. The quantitative estimate of drug-likeness (QED) is 0.613. The van der Waals surface area contributed by atoms with Crippen LogP contribution in [-0.4, -0.2) is 31.0 Å². The van der Waals surface area contributed by atoms with Gasteiger partial charge in [0, 0.05) is 37.5 Å². The summed E-state index contributed by atoms with van der Waals surface area (Å²) >= 11 is 0. The Morgan fingerprint density at radius 2 is 1.85 bits per heavy atom. The van der Waals surface area contributed by atoms with Crippen LogP contribution in [0.1, 0.15) is 34.3 Å². The maximum atomic E-state index is 12.9. The van der Waals surface area contributed by atoms with E-state index in [0.29, 0.717) is 11.3 Å². The van der Waals surface area contributed by atoms with Crippen LogP contribution in [0.25, 0.3) is 0 Å². The lowest BCUT2D eigenvalue weighted by molar-refractivity contribution is -0.384. The van der Waals surface area contributed by atoms with Gasteiger partial charge in [-0.1, -0.05) is 12.1 Å². The van der Waals surface area contributed by atoms with Crippen LogP contribution in [0.2, 0.25) is 0 Å². The molecule has 1 heterocycles. The Balaban J connectivity index is 1.95. The van der Waals surface area contributed by atoms with E-state index in [9.17, 15) is 14.9 Å². The molecule has 0 saturated carbocycles. The number of carbonyl (C=O) groups is 1. The van der Waals surface area contributed by atoms with Crippen molar-refractivity contribution in [2.24, 2.45) is 0 Å². The van der Waals surface area contributed by atoms with Crippen LogP contribution in [0.15, 0.2) is 36.4 Å². The molecule has 0 spiro atoms. The number of carbonyl (C=O) groups excluding carboxylic acids is 1. The smallest absolute Gasteiger partial charge is 0.293 e.